The fraction of sp³-hybridized carbons (Fsp3) is 0.455. The Bertz CT molecular complexity index is 422. The number of aliphatic hydroxyl groups is 1. The molecule has 0 heterocycles. The predicted octanol–water partition coefficient (Wildman–Crippen LogP) is 1.27. The van der Waals surface area contributed by atoms with Crippen LogP contribution in [0.2, 0.25) is 0 Å². The molecule has 0 aliphatic heterocycles. The van der Waals surface area contributed by atoms with Crippen LogP contribution in [0.4, 0.5) is 0 Å². The van der Waals surface area contributed by atoms with Crippen molar-refractivity contribution in [2.24, 2.45) is 0 Å². The van der Waals surface area contributed by atoms with Gasteiger partial charge < -0.3 is 5.11 Å². The number of alkyl halides is 1. The number of rotatable bonds is 7. The molecule has 0 fully saturated rings. The van der Waals surface area contributed by atoms with Crippen molar-refractivity contribution in [3.8, 4) is 0 Å². The van der Waals surface area contributed by atoms with E-state index in [2.05, 4.69) is 4.72 Å². The first kappa shape index (κ1) is 14.4. The number of hydrogen-bond acceptors (Lipinski definition) is 3. The second kappa shape index (κ2) is 6.96. The number of sulfonamides is 1. The number of aliphatic hydroxyl groups excluding tert-OH is 1. The van der Waals surface area contributed by atoms with E-state index in [1.165, 1.54) is 0 Å². The quantitative estimate of drug-likeness (QED) is 0.738. The van der Waals surface area contributed by atoms with Crippen LogP contribution in [0.5, 0.6) is 0 Å². The predicted molar refractivity (Wildman–Crippen MR) is 68.5 cm³/mol. The zero-order chi connectivity index (χ0) is 12.7. The molecule has 96 valence electrons. The van der Waals surface area contributed by atoms with E-state index in [-0.39, 0.29) is 12.3 Å². The second-order valence-electron chi connectivity index (χ2n) is 3.64. The Morgan fingerprint density at radius 1 is 1.29 bits per heavy atom. The van der Waals surface area contributed by atoms with Gasteiger partial charge in [-0.3, -0.25) is 0 Å². The number of halogens is 1. The fourth-order valence-electron chi connectivity index (χ4n) is 1.32. The van der Waals surface area contributed by atoms with Crippen molar-refractivity contribution in [1.82, 2.24) is 4.72 Å². The average Bonchev–Trinajstić information content (AvgIpc) is 2.35. The molecule has 1 unspecified atom stereocenters. The van der Waals surface area contributed by atoms with Gasteiger partial charge in [-0.25, -0.2) is 13.1 Å². The van der Waals surface area contributed by atoms with Gasteiger partial charge in [0, 0.05) is 12.4 Å². The normalized spacial score (nSPS) is 13.5. The van der Waals surface area contributed by atoms with Gasteiger partial charge in [-0.05, 0) is 12.0 Å². The molecule has 0 spiro atoms. The molecule has 0 saturated carbocycles. The summed E-state index contributed by atoms with van der Waals surface area (Å²) in [5.74, 6) is 0.292. The highest BCUT2D eigenvalue weighted by molar-refractivity contribution is 7.89. The molecule has 0 aliphatic carbocycles. The van der Waals surface area contributed by atoms with E-state index in [4.69, 9.17) is 11.6 Å². The lowest BCUT2D eigenvalue weighted by Crippen LogP contribution is -2.30. The molecule has 0 aliphatic rings. The lowest BCUT2D eigenvalue weighted by atomic mass is 10.1. The molecule has 17 heavy (non-hydrogen) atoms. The van der Waals surface area contributed by atoms with Gasteiger partial charge in [0.2, 0.25) is 10.0 Å². The third kappa shape index (κ3) is 5.50. The summed E-state index contributed by atoms with van der Waals surface area (Å²) >= 11 is 5.42. The molecule has 1 aromatic carbocycles. The smallest absolute Gasteiger partial charge is 0.211 e. The maximum Gasteiger partial charge on any atom is 0.211 e. The van der Waals surface area contributed by atoms with Crippen LogP contribution in [0.1, 0.15) is 18.1 Å². The van der Waals surface area contributed by atoms with Gasteiger partial charge >= 0.3 is 0 Å². The summed E-state index contributed by atoms with van der Waals surface area (Å²) < 4.78 is 25.2. The summed E-state index contributed by atoms with van der Waals surface area (Å²) in [6, 6.07) is 8.91. The Kier molecular flexibility index (Phi) is 5.91. The van der Waals surface area contributed by atoms with Crippen molar-refractivity contribution < 1.29 is 13.5 Å². The van der Waals surface area contributed by atoms with E-state index >= 15 is 0 Å². The van der Waals surface area contributed by atoms with Gasteiger partial charge in [0.1, 0.15) is 0 Å². The van der Waals surface area contributed by atoms with E-state index in [1.807, 2.05) is 6.07 Å². The van der Waals surface area contributed by atoms with Crippen molar-refractivity contribution in [2.75, 3.05) is 18.2 Å². The lowest BCUT2D eigenvalue weighted by molar-refractivity contribution is 0.182. The summed E-state index contributed by atoms with van der Waals surface area (Å²) in [6.07, 6.45) is -0.430. The van der Waals surface area contributed by atoms with E-state index in [1.54, 1.807) is 24.3 Å². The summed E-state index contributed by atoms with van der Waals surface area (Å²) in [4.78, 5) is 0. The first-order valence-electron chi connectivity index (χ1n) is 5.31. The Balaban J connectivity index is 2.46. The minimum Gasteiger partial charge on any atom is -0.387 e. The van der Waals surface area contributed by atoms with Crippen molar-refractivity contribution in [1.29, 1.82) is 0 Å². The van der Waals surface area contributed by atoms with Gasteiger partial charge in [-0.2, -0.15) is 0 Å². The molecule has 2 N–H and O–H groups in total. The van der Waals surface area contributed by atoms with Crippen LogP contribution in [-0.2, 0) is 10.0 Å². The highest BCUT2D eigenvalue weighted by Gasteiger charge is 2.13. The molecule has 1 rings (SSSR count). The molecule has 4 nitrogen and oxygen atoms in total. The fourth-order valence-corrected chi connectivity index (χ4v) is 2.69. The molecular formula is C11H16ClNO3S. The average molecular weight is 278 g/mol. The largest absolute Gasteiger partial charge is 0.387 e. The van der Waals surface area contributed by atoms with Crippen molar-refractivity contribution in [2.45, 2.75) is 12.5 Å². The third-order valence-electron chi connectivity index (χ3n) is 2.23. The Morgan fingerprint density at radius 2 is 1.94 bits per heavy atom. The SMILES string of the molecule is O=S(=O)(CCCCl)NCC(O)c1ccccc1. The van der Waals surface area contributed by atoms with Crippen LogP contribution in [0.15, 0.2) is 30.3 Å². The van der Waals surface area contributed by atoms with Crippen molar-refractivity contribution in [3.05, 3.63) is 35.9 Å². The highest BCUT2D eigenvalue weighted by Crippen LogP contribution is 2.10. The van der Waals surface area contributed by atoms with Crippen LogP contribution in [-0.4, -0.2) is 31.7 Å². The first-order valence-corrected chi connectivity index (χ1v) is 7.50. The number of benzene rings is 1. The standard InChI is InChI=1S/C11H16ClNO3S/c12-7-4-8-17(15,16)13-9-11(14)10-5-2-1-3-6-10/h1-3,5-6,11,13-14H,4,7-9H2. The van der Waals surface area contributed by atoms with Gasteiger partial charge in [0.05, 0.1) is 11.9 Å². The minimum atomic E-state index is -3.34. The van der Waals surface area contributed by atoms with Crippen LogP contribution >= 0.6 is 11.6 Å². The van der Waals surface area contributed by atoms with Crippen LogP contribution < -0.4 is 4.72 Å². The van der Waals surface area contributed by atoms with E-state index < -0.39 is 16.1 Å². The van der Waals surface area contributed by atoms with Gasteiger partial charge in [-0.15, -0.1) is 11.6 Å². The zero-order valence-electron chi connectivity index (χ0n) is 9.34. The molecule has 1 aromatic rings. The van der Waals surface area contributed by atoms with Crippen LogP contribution in [0, 0.1) is 0 Å². The molecule has 0 saturated heterocycles. The molecule has 0 aromatic heterocycles. The third-order valence-corrected chi connectivity index (χ3v) is 3.93. The summed E-state index contributed by atoms with van der Waals surface area (Å²) in [6.45, 7) is -0.0192. The van der Waals surface area contributed by atoms with E-state index in [9.17, 15) is 13.5 Å². The lowest BCUT2D eigenvalue weighted by Gasteiger charge is -2.12. The molecule has 0 amide bonds. The second-order valence-corrected chi connectivity index (χ2v) is 5.94. The Hall–Kier alpha value is -0.620. The van der Waals surface area contributed by atoms with Gasteiger partial charge in [-0.1, -0.05) is 30.3 Å². The van der Waals surface area contributed by atoms with Gasteiger partial charge in [0.15, 0.2) is 0 Å². The first-order chi connectivity index (χ1) is 8.05. The zero-order valence-corrected chi connectivity index (χ0v) is 10.9. The Morgan fingerprint density at radius 3 is 2.53 bits per heavy atom. The Labute approximate surface area is 107 Å². The molecule has 6 heteroatoms. The molecule has 1 atom stereocenters. The van der Waals surface area contributed by atoms with Crippen LogP contribution in [0.25, 0.3) is 0 Å². The van der Waals surface area contributed by atoms with Gasteiger partial charge in [0.25, 0.3) is 0 Å². The van der Waals surface area contributed by atoms with Crippen molar-refractivity contribution >= 4 is 21.6 Å². The molecular weight excluding hydrogens is 262 g/mol. The monoisotopic (exact) mass is 277 g/mol. The summed E-state index contributed by atoms with van der Waals surface area (Å²) in [5.41, 5.74) is 0.688. The molecule has 0 radical (unpaired) electrons. The van der Waals surface area contributed by atoms with Crippen LogP contribution in [0.3, 0.4) is 0 Å². The van der Waals surface area contributed by atoms with E-state index in [0.29, 0.717) is 17.9 Å². The number of hydrogen-bond donors (Lipinski definition) is 2. The maximum atomic E-state index is 11.4. The maximum absolute atomic E-state index is 11.4. The van der Waals surface area contributed by atoms with E-state index in [0.717, 1.165) is 0 Å². The molecule has 0 bridgehead atoms. The summed E-state index contributed by atoms with van der Waals surface area (Å²) in [5, 5.41) is 9.76. The number of nitrogens with one attached hydrogen (secondary N) is 1. The topological polar surface area (TPSA) is 66.4 Å². The minimum absolute atomic E-state index is 0.0159. The highest BCUT2D eigenvalue weighted by atomic mass is 35.5. The van der Waals surface area contributed by atoms with Crippen molar-refractivity contribution in [3.63, 3.8) is 0 Å². The summed E-state index contributed by atoms with van der Waals surface area (Å²) in [7, 11) is -3.34.